The molecule has 0 heterocycles. The molecule has 0 aliphatic heterocycles. The van der Waals surface area contributed by atoms with Crippen LogP contribution in [0.15, 0.2) is 0 Å². The van der Waals surface area contributed by atoms with E-state index in [2.05, 4.69) is 10.6 Å². The predicted molar refractivity (Wildman–Crippen MR) is 80.2 cm³/mol. The van der Waals surface area contributed by atoms with Crippen LogP contribution in [0.25, 0.3) is 0 Å². The molecule has 7 nitrogen and oxygen atoms in total. The number of nitrogens with one attached hydrogen (secondary N) is 2. The molecule has 0 aromatic carbocycles. The van der Waals surface area contributed by atoms with Crippen molar-refractivity contribution in [2.45, 2.75) is 77.7 Å². The van der Waals surface area contributed by atoms with Crippen LogP contribution in [0.5, 0.6) is 0 Å². The van der Waals surface area contributed by atoms with Crippen LogP contribution in [0.3, 0.4) is 0 Å². The van der Waals surface area contributed by atoms with Gasteiger partial charge in [0.2, 0.25) is 5.91 Å². The van der Waals surface area contributed by atoms with E-state index >= 15 is 0 Å². The van der Waals surface area contributed by atoms with E-state index in [9.17, 15) is 14.4 Å². The maximum Gasteiger partial charge on any atom is 0.408 e. The number of rotatable bonds is 6. The van der Waals surface area contributed by atoms with E-state index < -0.39 is 29.8 Å². The van der Waals surface area contributed by atoms with Gasteiger partial charge in [-0.2, -0.15) is 0 Å². The normalized spacial score (nSPS) is 17.1. The standard InChI is InChI=1S/C15H26N2O5/c1-9(21-10(2)18)12(8-13(19)16-11-6-7-11)17-14(20)22-15(3,4)5/h9,11-12H,6-8H2,1-5H3,(H,16,19)(H,17,20)/t9-,12+/m0/s1. The maximum atomic E-state index is 11.9. The molecule has 0 bridgehead atoms. The molecule has 0 aromatic heterocycles. The van der Waals surface area contributed by atoms with Gasteiger partial charge in [0.15, 0.2) is 0 Å². The third-order valence-corrected chi connectivity index (χ3v) is 2.97. The molecular weight excluding hydrogens is 288 g/mol. The lowest BCUT2D eigenvalue weighted by Crippen LogP contribution is -2.48. The van der Waals surface area contributed by atoms with Crippen LogP contribution in [0.4, 0.5) is 4.79 Å². The number of carbonyl (C=O) groups excluding carboxylic acids is 3. The van der Waals surface area contributed by atoms with Gasteiger partial charge in [0.25, 0.3) is 0 Å². The Hall–Kier alpha value is -1.79. The van der Waals surface area contributed by atoms with Gasteiger partial charge >= 0.3 is 12.1 Å². The fourth-order valence-electron chi connectivity index (χ4n) is 1.85. The highest BCUT2D eigenvalue weighted by atomic mass is 16.6. The number of hydrogen-bond acceptors (Lipinski definition) is 5. The Bertz CT molecular complexity index is 426. The van der Waals surface area contributed by atoms with E-state index in [0.717, 1.165) is 12.8 Å². The quantitative estimate of drug-likeness (QED) is 0.725. The second kappa shape index (κ2) is 7.47. The highest BCUT2D eigenvalue weighted by molar-refractivity contribution is 5.78. The van der Waals surface area contributed by atoms with Gasteiger partial charge in [0.1, 0.15) is 11.7 Å². The van der Waals surface area contributed by atoms with Gasteiger partial charge in [-0.3, -0.25) is 9.59 Å². The van der Waals surface area contributed by atoms with E-state index in [0.29, 0.717) is 0 Å². The zero-order valence-electron chi connectivity index (χ0n) is 13.9. The Balaban J connectivity index is 2.61. The molecule has 0 radical (unpaired) electrons. The summed E-state index contributed by atoms with van der Waals surface area (Å²) >= 11 is 0. The topological polar surface area (TPSA) is 93.7 Å². The predicted octanol–water partition coefficient (Wildman–Crippen LogP) is 1.50. The fourth-order valence-corrected chi connectivity index (χ4v) is 1.85. The third kappa shape index (κ3) is 7.85. The SMILES string of the molecule is CC(=O)O[C@@H](C)[C@@H](CC(=O)NC1CC1)NC(=O)OC(C)(C)C. The van der Waals surface area contributed by atoms with Crippen molar-refractivity contribution in [2.75, 3.05) is 0 Å². The van der Waals surface area contributed by atoms with E-state index in [-0.39, 0.29) is 18.4 Å². The molecule has 1 rings (SSSR count). The Morgan fingerprint density at radius 1 is 1.23 bits per heavy atom. The molecule has 0 aromatic rings. The molecule has 1 aliphatic carbocycles. The van der Waals surface area contributed by atoms with Crippen molar-refractivity contribution >= 4 is 18.0 Å². The second-order valence-corrected chi connectivity index (χ2v) is 6.61. The summed E-state index contributed by atoms with van der Waals surface area (Å²) in [6.45, 7) is 8.16. The van der Waals surface area contributed by atoms with Gasteiger partial charge in [0.05, 0.1) is 12.5 Å². The first-order chi connectivity index (χ1) is 10.1. The van der Waals surface area contributed by atoms with Crippen molar-refractivity contribution in [2.24, 2.45) is 0 Å². The first-order valence-corrected chi connectivity index (χ1v) is 7.53. The first-order valence-electron chi connectivity index (χ1n) is 7.53. The van der Waals surface area contributed by atoms with Crippen molar-refractivity contribution in [3.05, 3.63) is 0 Å². The summed E-state index contributed by atoms with van der Waals surface area (Å²) in [6, 6.07) is -0.406. The summed E-state index contributed by atoms with van der Waals surface area (Å²) in [5.41, 5.74) is -0.643. The third-order valence-electron chi connectivity index (χ3n) is 2.97. The lowest BCUT2D eigenvalue weighted by Gasteiger charge is -2.26. The molecular formula is C15H26N2O5. The van der Waals surface area contributed by atoms with E-state index in [1.165, 1.54) is 6.92 Å². The maximum absolute atomic E-state index is 11.9. The van der Waals surface area contributed by atoms with Crippen molar-refractivity contribution in [1.82, 2.24) is 10.6 Å². The summed E-state index contributed by atoms with van der Waals surface area (Å²) in [5, 5.41) is 5.45. The highest BCUT2D eigenvalue weighted by Gasteiger charge is 2.29. The molecule has 0 spiro atoms. The van der Waals surface area contributed by atoms with Gasteiger partial charge in [-0.15, -0.1) is 0 Å². The summed E-state index contributed by atoms with van der Waals surface area (Å²) in [5.74, 6) is -0.645. The number of ether oxygens (including phenoxy) is 2. The lowest BCUT2D eigenvalue weighted by atomic mass is 10.1. The van der Waals surface area contributed by atoms with Crippen LogP contribution in [-0.2, 0) is 19.1 Å². The fraction of sp³-hybridized carbons (Fsp3) is 0.800. The van der Waals surface area contributed by atoms with Gasteiger partial charge in [-0.25, -0.2) is 4.79 Å². The minimum absolute atomic E-state index is 0.0319. The van der Waals surface area contributed by atoms with Crippen LogP contribution in [0.1, 0.15) is 53.9 Å². The monoisotopic (exact) mass is 314 g/mol. The molecule has 7 heteroatoms. The minimum Gasteiger partial charge on any atom is -0.461 e. The van der Waals surface area contributed by atoms with Gasteiger partial charge in [-0.05, 0) is 40.5 Å². The number of carbonyl (C=O) groups is 3. The molecule has 1 fully saturated rings. The summed E-state index contributed by atoms with van der Waals surface area (Å²) in [7, 11) is 0. The Kier molecular flexibility index (Phi) is 6.20. The zero-order chi connectivity index (χ0) is 16.9. The Morgan fingerprint density at radius 3 is 2.27 bits per heavy atom. The molecule has 1 saturated carbocycles. The van der Waals surface area contributed by atoms with Gasteiger partial charge in [0, 0.05) is 13.0 Å². The summed E-state index contributed by atoms with van der Waals surface area (Å²) in [6.07, 6.45) is 0.723. The van der Waals surface area contributed by atoms with Crippen molar-refractivity contribution in [1.29, 1.82) is 0 Å². The van der Waals surface area contributed by atoms with Crippen molar-refractivity contribution in [3.63, 3.8) is 0 Å². The van der Waals surface area contributed by atoms with Gasteiger partial charge < -0.3 is 20.1 Å². The molecule has 1 aliphatic rings. The Labute approximate surface area is 131 Å². The number of esters is 1. The average molecular weight is 314 g/mol. The first kappa shape index (κ1) is 18.3. The van der Waals surface area contributed by atoms with Crippen LogP contribution in [-0.4, -0.2) is 41.8 Å². The van der Waals surface area contributed by atoms with Crippen LogP contribution in [0.2, 0.25) is 0 Å². The smallest absolute Gasteiger partial charge is 0.408 e. The largest absolute Gasteiger partial charge is 0.461 e. The molecule has 126 valence electrons. The molecule has 2 atom stereocenters. The minimum atomic E-state index is -0.643. The summed E-state index contributed by atoms with van der Waals surface area (Å²) < 4.78 is 10.3. The van der Waals surface area contributed by atoms with Crippen LogP contribution in [0, 0.1) is 0 Å². The summed E-state index contributed by atoms with van der Waals surface area (Å²) in [4.78, 5) is 34.9. The number of alkyl carbamates (subject to hydrolysis) is 1. The molecule has 22 heavy (non-hydrogen) atoms. The van der Waals surface area contributed by atoms with E-state index in [1.54, 1.807) is 27.7 Å². The van der Waals surface area contributed by atoms with Crippen LogP contribution >= 0.6 is 0 Å². The van der Waals surface area contributed by atoms with Gasteiger partial charge in [-0.1, -0.05) is 0 Å². The Morgan fingerprint density at radius 2 is 1.82 bits per heavy atom. The second-order valence-electron chi connectivity index (χ2n) is 6.61. The van der Waals surface area contributed by atoms with Crippen molar-refractivity contribution in [3.8, 4) is 0 Å². The number of hydrogen-bond donors (Lipinski definition) is 2. The molecule has 0 unspecified atom stereocenters. The molecule has 2 amide bonds. The molecule has 0 saturated heterocycles. The zero-order valence-corrected chi connectivity index (χ0v) is 13.9. The van der Waals surface area contributed by atoms with E-state index in [1.807, 2.05) is 0 Å². The van der Waals surface area contributed by atoms with Crippen LogP contribution < -0.4 is 10.6 Å². The average Bonchev–Trinajstić information content (AvgIpc) is 3.08. The lowest BCUT2D eigenvalue weighted by molar-refractivity contribution is -0.147. The van der Waals surface area contributed by atoms with Crippen molar-refractivity contribution < 1.29 is 23.9 Å². The van der Waals surface area contributed by atoms with E-state index in [4.69, 9.17) is 9.47 Å². The molecule has 2 N–H and O–H groups in total. The number of amides is 2. The highest BCUT2D eigenvalue weighted by Crippen LogP contribution is 2.19.